The van der Waals surface area contributed by atoms with Gasteiger partial charge >= 0.3 is 6.03 Å². The minimum Gasteiger partial charge on any atom is -0.507 e. The van der Waals surface area contributed by atoms with Gasteiger partial charge in [0.25, 0.3) is 0 Å². The van der Waals surface area contributed by atoms with Crippen molar-refractivity contribution in [3.63, 3.8) is 0 Å². The molecule has 3 N–H and O–H groups in total. The number of anilines is 1. The van der Waals surface area contributed by atoms with Crippen molar-refractivity contribution in [2.75, 3.05) is 5.32 Å². The highest BCUT2D eigenvalue weighted by molar-refractivity contribution is 7.90. The molecule has 0 aliphatic rings. The molecule has 1 aromatic carbocycles. The lowest BCUT2D eigenvalue weighted by Crippen LogP contribution is -2.39. The summed E-state index contributed by atoms with van der Waals surface area (Å²) in [6.45, 7) is 15.8. The first-order chi connectivity index (χ1) is 16.5. The van der Waals surface area contributed by atoms with Crippen LogP contribution in [0.3, 0.4) is 0 Å². The van der Waals surface area contributed by atoms with E-state index in [1.54, 1.807) is 19.1 Å². The molecule has 36 heavy (non-hydrogen) atoms. The Morgan fingerprint density at radius 3 is 2.06 bits per heavy atom. The van der Waals surface area contributed by atoms with Crippen LogP contribution in [0.5, 0.6) is 5.75 Å². The summed E-state index contributed by atoms with van der Waals surface area (Å²) in [5, 5.41) is 15.7. The van der Waals surface area contributed by atoms with Gasteiger partial charge in [0.1, 0.15) is 5.75 Å². The number of carbonyl (C=O) groups excluding carboxylic acids is 1. The zero-order chi connectivity index (χ0) is 27.7. The summed E-state index contributed by atoms with van der Waals surface area (Å²) < 4.78 is 28.0. The molecule has 204 valence electrons. The van der Waals surface area contributed by atoms with Crippen LogP contribution < -0.4 is 10.6 Å². The van der Waals surface area contributed by atoms with E-state index in [2.05, 4.69) is 27.0 Å². The maximum Gasteiger partial charge on any atom is 0.319 e. The summed E-state index contributed by atoms with van der Waals surface area (Å²) >= 11 is 0. The Morgan fingerprint density at radius 1 is 1.06 bits per heavy atom. The van der Waals surface area contributed by atoms with Crippen LogP contribution in [0.4, 0.5) is 10.5 Å². The number of benzene rings is 1. The second-order valence-corrected chi connectivity index (χ2v) is 13.5. The van der Waals surface area contributed by atoms with Gasteiger partial charge in [0.2, 0.25) is 10.0 Å². The number of aromatic hydroxyl groups is 1. The number of rotatable bonds is 12. The summed E-state index contributed by atoms with van der Waals surface area (Å²) in [7, 11) is -3.99. The first-order valence-corrected chi connectivity index (χ1v) is 14.3. The summed E-state index contributed by atoms with van der Waals surface area (Å²) in [5.74, 6) is 0.222. The Bertz CT molecular complexity index is 1000. The molecule has 0 bridgehead atoms. The van der Waals surface area contributed by atoms with E-state index < -0.39 is 27.3 Å². The largest absolute Gasteiger partial charge is 0.507 e. The van der Waals surface area contributed by atoms with E-state index in [-0.39, 0.29) is 23.0 Å². The van der Waals surface area contributed by atoms with Gasteiger partial charge in [-0.25, -0.2) is 13.2 Å². The monoisotopic (exact) mass is 523 g/mol. The second-order valence-electron chi connectivity index (χ2n) is 11.7. The second kappa shape index (κ2) is 13.2. The zero-order valence-corrected chi connectivity index (χ0v) is 24.0. The third kappa shape index (κ3) is 9.90. The number of sulfonamides is 1. The fraction of sp³-hybridized carbons (Fsp3) is 0.731. The molecule has 1 aromatic rings. The van der Waals surface area contributed by atoms with E-state index in [0.717, 1.165) is 36.8 Å². The van der Waals surface area contributed by atoms with Gasteiger partial charge in [-0.3, -0.25) is 0 Å². The quantitative estimate of drug-likeness (QED) is 0.0870. The van der Waals surface area contributed by atoms with E-state index in [1.807, 2.05) is 41.5 Å². The zero-order valence-electron chi connectivity index (χ0n) is 23.2. The number of hydrogen-bond donors (Lipinski definition) is 3. The molecular formula is C26H45N5O4S. The first-order valence-electron chi connectivity index (χ1n) is 12.8. The highest BCUT2D eigenvalue weighted by Crippen LogP contribution is 2.41. The smallest absolute Gasteiger partial charge is 0.319 e. The third-order valence-corrected chi connectivity index (χ3v) is 7.75. The third-order valence-electron chi connectivity index (χ3n) is 6.18. The number of phenols is 1. The molecule has 1 rings (SSSR count). The summed E-state index contributed by atoms with van der Waals surface area (Å²) in [6, 6.07) is 2.58. The molecule has 2 atom stereocenters. The summed E-state index contributed by atoms with van der Waals surface area (Å²) in [6.07, 6.45) is 5.34. The Balaban J connectivity index is 3.01. The molecule has 0 aliphatic carbocycles. The van der Waals surface area contributed by atoms with Gasteiger partial charge in [0, 0.05) is 32.3 Å². The van der Waals surface area contributed by atoms with Crippen LogP contribution in [-0.4, -0.2) is 30.8 Å². The van der Waals surface area contributed by atoms with E-state index in [1.165, 1.54) is 0 Å². The molecule has 0 aliphatic heterocycles. The van der Waals surface area contributed by atoms with Gasteiger partial charge in [-0.2, -0.15) is 0 Å². The number of phenolic OH excluding ortho intramolecular Hbond substituents is 1. The Hall–Kier alpha value is -2.45. The lowest BCUT2D eigenvalue weighted by atomic mass is 9.79. The molecule has 9 nitrogen and oxygen atoms in total. The maximum absolute atomic E-state index is 12.8. The molecule has 2 amide bonds. The van der Waals surface area contributed by atoms with Crippen LogP contribution in [0.25, 0.3) is 10.4 Å². The fourth-order valence-electron chi connectivity index (χ4n) is 4.18. The van der Waals surface area contributed by atoms with Crippen LogP contribution in [0.2, 0.25) is 0 Å². The standard InChI is InChI=1S/C26H45N5O4S/c1-9-10-11-12-13-14-20(36(34,35)31-30-27)15-18(2)28-24(33)29-19-16-21(25(3,4)5)23(32)22(17-19)26(6,7)8/h16-18,20,32H,9-15H2,1-8H3,(H2,28,29,33). The van der Waals surface area contributed by atoms with Crippen molar-refractivity contribution in [1.82, 2.24) is 5.32 Å². The van der Waals surface area contributed by atoms with E-state index >= 15 is 0 Å². The number of nitrogens with one attached hydrogen (secondary N) is 2. The van der Waals surface area contributed by atoms with E-state index in [0.29, 0.717) is 18.5 Å². The van der Waals surface area contributed by atoms with Gasteiger partial charge < -0.3 is 15.7 Å². The van der Waals surface area contributed by atoms with Crippen molar-refractivity contribution in [3.05, 3.63) is 33.7 Å². The number of nitrogens with zero attached hydrogens (tertiary/aromatic N) is 3. The van der Waals surface area contributed by atoms with Crippen LogP contribution in [-0.2, 0) is 20.9 Å². The molecule has 0 aromatic heterocycles. The average molecular weight is 524 g/mol. The molecule has 0 radical (unpaired) electrons. The molecule has 10 heteroatoms. The van der Waals surface area contributed by atoms with Crippen LogP contribution in [0.1, 0.15) is 111 Å². The minimum atomic E-state index is -3.99. The van der Waals surface area contributed by atoms with Crippen molar-refractivity contribution in [3.8, 4) is 5.75 Å². The Kier molecular flexibility index (Phi) is 11.6. The molecular weight excluding hydrogens is 478 g/mol. The number of amides is 2. The Labute approximate surface area is 217 Å². The maximum atomic E-state index is 12.8. The summed E-state index contributed by atoms with van der Waals surface area (Å²) in [4.78, 5) is 15.3. The lowest BCUT2D eigenvalue weighted by Gasteiger charge is -2.28. The van der Waals surface area contributed by atoms with E-state index in [4.69, 9.17) is 5.53 Å². The number of carbonyl (C=O) groups is 1. The fourth-order valence-corrected chi connectivity index (χ4v) is 5.41. The predicted octanol–water partition coefficient (Wildman–Crippen LogP) is 7.26. The highest BCUT2D eigenvalue weighted by Gasteiger charge is 2.28. The molecule has 0 spiro atoms. The van der Waals surface area contributed by atoms with Crippen molar-refractivity contribution >= 4 is 21.7 Å². The van der Waals surface area contributed by atoms with Gasteiger partial charge in [0.05, 0.1) is 5.25 Å². The van der Waals surface area contributed by atoms with Crippen molar-refractivity contribution in [1.29, 1.82) is 0 Å². The highest BCUT2D eigenvalue weighted by atomic mass is 32.2. The molecule has 0 saturated carbocycles. The first kappa shape index (κ1) is 31.6. The van der Waals surface area contributed by atoms with Crippen LogP contribution >= 0.6 is 0 Å². The van der Waals surface area contributed by atoms with Crippen molar-refractivity contribution in [2.24, 2.45) is 4.52 Å². The van der Waals surface area contributed by atoms with Gasteiger partial charge in [-0.15, -0.1) is 0 Å². The average Bonchev–Trinajstić information content (AvgIpc) is 2.72. The molecule has 2 unspecified atom stereocenters. The number of hydrogen-bond acceptors (Lipinski definition) is 4. The van der Waals surface area contributed by atoms with Crippen molar-refractivity contribution < 1.29 is 18.3 Å². The topological polar surface area (TPSA) is 144 Å². The lowest BCUT2D eigenvalue weighted by molar-refractivity contribution is 0.248. The summed E-state index contributed by atoms with van der Waals surface area (Å²) in [5.41, 5.74) is 10.0. The van der Waals surface area contributed by atoms with Gasteiger partial charge in [-0.1, -0.05) is 80.6 Å². The number of azide groups is 1. The van der Waals surface area contributed by atoms with Gasteiger partial charge in [0.15, 0.2) is 0 Å². The molecule has 0 heterocycles. The van der Waals surface area contributed by atoms with Crippen molar-refractivity contribution in [2.45, 2.75) is 122 Å². The van der Waals surface area contributed by atoms with E-state index in [9.17, 15) is 18.3 Å². The normalized spacial score (nSPS) is 14.0. The SMILES string of the molecule is CCCCCCCC(CC(C)NC(=O)Nc1cc(C(C)(C)C)c(O)c(C(C)(C)C)c1)S(=O)(=O)N=[N+]=[N-]. The van der Waals surface area contributed by atoms with Crippen LogP contribution in [0, 0.1) is 0 Å². The Morgan fingerprint density at radius 2 is 1.58 bits per heavy atom. The number of urea groups is 1. The minimum absolute atomic E-state index is 0.138. The predicted molar refractivity (Wildman–Crippen MR) is 147 cm³/mol. The van der Waals surface area contributed by atoms with Crippen LogP contribution in [0.15, 0.2) is 16.7 Å². The number of unbranched alkanes of at least 4 members (excludes halogenated alkanes) is 4. The van der Waals surface area contributed by atoms with Gasteiger partial charge in [-0.05, 0) is 48.3 Å². The molecule has 0 saturated heterocycles. The molecule has 0 fully saturated rings.